The predicted molar refractivity (Wildman–Crippen MR) is 85.0 cm³/mol. The Labute approximate surface area is 134 Å². The Hall–Kier alpha value is -2.50. The number of thioether (sulfide) groups is 1. The molecular weight excluding hydrogens is 326 g/mol. The second kappa shape index (κ2) is 6.98. The summed E-state index contributed by atoms with van der Waals surface area (Å²) in [5.74, 6) is -0.502. The zero-order valence-corrected chi connectivity index (χ0v) is 12.7. The lowest BCUT2D eigenvalue weighted by molar-refractivity contribution is 0.102. The van der Waals surface area contributed by atoms with Gasteiger partial charge in [-0.15, -0.1) is 0 Å². The number of hydrogen-bond acceptors (Lipinski definition) is 6. The van der Waals surface area contributed by atoms with Crippen LogP contribution in [0.25, 0.3) is 0 Å². The van der Waals surface area contributed by atoms with Gasteiger partial charge in [-0.3, -0.25) is 14.6 Å². The van der Waals surface area contributed by atoms with Gasteiger partial charge in [0.1, 0.15) is 5.69 Å². The van der Waals surface area contributed by atoms with E-state index in [2.05, 4.69) is 15.3 Å². The summed E-state index contributed by atoms with van der Waals surface area (Å²) in [5.41, 5.74) is 5.28. The van der Waals surface area contributed by atoms with Crippen molar-refractivity contribution in [1.29, 1.82) is 5.26 Å². The number of H-pyrrole nitrogens is 1. The van der Waals surface area contributed by atoms with Crippen LogP contribution in [-0.2, 0) is 0 Å². The molecule has 0 saturated heterocycles. The predicted octanol–water partition coefficient (Wildman–Crippen LogP) is 1.87. The summed E-state index contributed by atoms with van der Waals surface area (Å²) in [5, 5.41) is 11.6. The minimum atomic E-state index is -0.588. The summed E-state index contributed by atoms with van der Waals surface area (Å²) in [6.45, 7) is 0. The number of nitrogens with one attached hydrogen (secondary N) is 2. The fraction of sp³-hybridized carbons (Fsp3) is 0.0769. The van der Waals surface area contributed by atoms with Gasteiger partial charge in [0.05, 0.1) is 11.8 Å². The van der Waals surface area contributed by atoms with Crippen molar-refractivity contribution in [3.8, 4) is 6.07 Å². The number of aromatic nitrogens is 2. The van der Waals surface area contributed by atoms with Gasteiger partial charge in [0.25, 0.3) is 11.5 Å². The lowest BCUT2D eigenvalue weighted by Crippen LogP contribution is -2.23. The van der Waals surface area contributed by atoms with E-state index >= 15 is 0 Å². The zero-order valence-electron chi connectivity index (χ0n) is 11.1. The molecule has 0 bridgehead atoms. The van der Waals surface area contributed by atoms with Gasteiger partial charge in [0, 0.05) is 10.6 Å². The number of aromatic amines is 1. The van der Waals surface area contributed by atoms with Crippen LogP contribution in [-0.4, -0.2) is 21.6 Å². The van der Waals surface area contributed by atoms with Crippen molar-refractivity contribution in [2.45, 2.75) is 5.16 Å². The first-order valence-corrected chi connectivity index (χ1v) is 7.34. The number of nitrogens with zero attached hydrogens (tertiary/aromatic N) is 2. The van der Waals surface area contributed by atoms with Crippen molar-refractivity contribution in [1.82, 2.24) is 9.97 Å². The smallest absolute Gasteiger partial charge is 0.277 e. The molecule has 0 spiro atoms. The van der Waals surface area contributed by atoms with Gasteiger partial charge in [-0.05, 0) is 24.3 Å². The highest BCUT2D eigenvalue weighted by molar-refractivity contribution is 7.99. The lowest BCUT2D eigenvalue weighted by Gasteiger charge is -2.08. The molecule has 0 radical (unpaired) electrons. The summed E-state index contributed by atoms with van der Waals surface area (Å²) in [6.07, 6.45) is 0. The Balaban J connectivity index is 2.23. The number of amides is 1. The van der Waals surface area contributed by atoms with Gasteiger partial charge >= 0.3 is 0 Å². The standard InChI is InChI=1S/C13H10ClN5O2S/c14-8-3-1-7(2-4-8)11(20)17-9-10(16)18-13(19-12(9)21)22-6-5-15/h1-4H,6H2,(H,17,20)(H3,16,18,19,21). The lowest BCUT2D eigenvalue weighted by atomic mass is 10.2. The number of carbonyl (C=O) groups is 1. The van der Waals surface area contributed by atoms with Gasteiger partial charge in [-0.25, -0.2) is 4.98 Å². The number of anilines is 2. The first-order valence-electron chi connectivity index (χ1n) is 5.97. The molecule has 0 atom stereocenters. The molecule has 1 heterocycles. The molecule has 9 heteroatoms. The minimum Gasteiger partial charge on any atom is -0.382 e. The molecule has 0 aliphatic heterocycles. The fourth-order valence-electron chi connectivity index (χ4n) is 1.55. The van der Waals surface area contributed by atoms with E-state index in [4.69, 9.17) is 22.6 Å². The van der Waals surface area contributed by atoms with Gasteiger partial charge in [-0.1, -0.05) is 23.4 Å². The third kappa shape index (κ3) is 3.78. The molecule has 112 valence electrons. The van der Waals surface area contributed by atoms with Crippen molar-refractivity contribution >= 4 is 40.8 Å². The molecule has 2 aromatic rings. The first-order chi connectivity index (χ1) is 10.5. The van der Waals surface area contributed by atoms with E-state index in [0.29, 0.717) is 10.6 Å². The Morgan fingerprint density at radius 3 is 2.73 bits per heavy atom. The number of nitrogen functional groups attached to an aromatic ring is 1. The van der Waals surface area contributed by atoms with Gasteiger partial charge in [-0.2, -0.15) is 5.26 Å². The molecule has 4 N–H and O–H groups in total. The summed E-state index contributed by atoms with van der Waals surface area (Å²) >= 11 is 6.78. The SMILES string of the molecule is N#CCSc1nc(N)c(NC(=O)c2ccc(Cl)cc2)c(=O)[nH]1. The fourth-order valence-corrected chi connectivity index (χ4v) is 2.20. The maximum atomic E-state index is 12.0. The van der Waals surface area contributed by atoms with E-state index in [1.165, 1.54) is 12.1 Å². The van der Waals surface area contributed by atoms with Crippen molar-refractivity contribution in [3.05, 3.63) is 45.2 Å². The maximum Gasteiger partial charge on any atom is 0.277 e. The Kier molecular flexibility index (Phi) is 5.04. The monoisotopic (exact) mass is 335 g/mol. The van der Waals surface area contributed by atoms with E-state index in [-0.39, 0.29) is 22.4 Å². The molecule has 0 unspecified atom stereocenters. The summed E-state index contributed by atoms with van der Waals surface area (Å²) in [6, 6.07) is 8.07. The van der Waals surface area contributed by atoms with Crippen LogP contribution in [0, 0.1) is 11.3 Å². The summed E-state index contributed by atoms with van der Waals surface area (Å²) in [7, 11) is 0. The van der Waals surface area contributed by atoms with Crippen LogP contribution in [0.5, 0.6) is 0 Å². The number of hydrogen-bond donors (Lipinski definition) is 3. The number of nitriles is 1. The normalized spacial score (nSPS) is 10.0. The number of rotatable bonds is 4. The molecule has 1 aromatic heterocycles. The molecule has 22 heavy (non-hydrogen) atoms. The second-order valence-corrected chi connectivity index (χ2v) is 5.44. The summed E-state index contributed by atoms with van der Waals surface area (Å²) in [4.78, 5) is 30.4. The molecule has 1 amide bonds. The van der Waals surface area contributed by atoms with E-state index in [9.17, 15) is 9.59 Å². The quantitative estimate of drug-likeness (QED) is 0.578. The van der Waals surface area contributed by atoms with Crippen LogP contribution in [0.3, 0.4) is 0 Å². The average molecular weight is 336 g/mol. The largest absolute Gasteiger partial charge is 0.382 e. The second-order valence-electron chi connectivity index (χ2n) is 4.04. The topological polar surface area (TPSA) is 125 Å². The Morgan fingerprint density at radius 2 is 2.14 bits per heavy atom. The molecule has 0 aliphatic rings. The highest BCUT2D eigenvalue weighted by Gasteiger charge is 2.14. The Bertz CT molecular complexity index is 798. The molecule has 0 saturated carbocycles. The number of nitrogens with two attached hydrogens (primary N) is 1. The van der Waals surface area contributed by atoms with E-state index < -0.39 is 11.5 Å². The average Bonchev–Trinajstić information content (AvgIpc) is 2.49. The van der Waals surface area contributed by atoms with E-state index in [1.807, 2.05) is 6.07 Å². The third-order valence-electron chi connectivity index (χ3n) is 2.54. The Morgan fingerprint density at radius 1 is 1.45 bits per heavy atom. The zero-order chi connectivity index (χ0) is 16.1. The van der Waals surface area contributed by atoms with Crippen molar-refractivity contribution < 1.29 is 4.79 Å². The molecule has 0 aliphatic carbocycles. The van der Waals surface area contributed by atoms with Gasteiger partial charge in [0.2, 0.25) is 0 Å². The van der Waals surface area contributed by atoms with Crippen LogP contribution in [0.4, 0.5) is 11.5 Å². The van der Waals surface area contributed by atoms with Gasteiger partial charge < -0.3 is 11.1 Å². The minimum absolute atomic E-state index is 0.119. The van der Waals surface area contributed by atoms with Crippen molar-refractivity contribution in [3.63, 3.8) is 0 Å². The van der Waals surface area contributed by atoms with Crippen LogP contribution < -0.4 is 16.6 Å². The molecular formula is C13H10ClN5O2S. The molecule has 0 fully saturated rings. The van der Waals surface area contributed by atoms with Crippen LogP contribution in [0.2, 0.25) is 5.02 Å². The number of benzene rings is 1. The van der Waals surface area contributed by atoms with Crippen molar-refractivity contribution in [2.24, 2.45) is 0 Å². The third-order valence-corrected chi connectivity index (χ3v) is 3.54. The van der Waals surface area contributed by atoms with Crippen LogP contribution in [0.1, 0.15) is 10.4 Å². The summed E-state index contributed by atoms with van der Waals surface area (Å²) < 4.78 is 0. The number of carbonyl (C=O) groups excluding carboxylic acids is 1. The van der Waals surface area contributed by atoms with Crippen LogP contribution in [0.15, 0.2) is 34.2 Å². The highest BCUT2D eigenvalue weighted by atomic mass is 35.5. The molecule has 2 rings (SSSR count). The van der Waals surface area contributed by atoms with E-state index in [0.717, 1.165) is 11.8 Å². The van der Waals surface area contributed by atoms with E-state index in [1.54, 1.807) is 12.1 Å². The first kappa shape index (κ1) is 15.9. The van der Waals surface area contributed by atoms with Crippen LogP contribution >= 0.6 is 23.4 Å². The van der Waals surface area contributed by atoms with Gasteiger partial charge in [0.15, 0.2) is 11.0 Å². The molecule has 1 aromatic carbocycles. The molecule has 7 nitrogen and oxygen atoms in total. The van der Waals surface area contributed by atoms with Crippen molar-refractivity contribution in [2.75, 3.05) is 16.8 Å². The number of halogens is 1. The highest BCUT2D eigenvalue weighted by Crippen LogP contribution is 2.17. The maximum absolute atomic E-state index is 12.0.